The van der Waals surface area contributed by atoms with Crippen LogP contribution in [0.4, 0.5) is 14.9 Å². The number of halogens is 2. The van der Waals surface area contributed by atoms with Crippen molar-refractivity contribution in [3.8, 4) is 0 Å². The van der Waals surface area contributed by atoms with Gasteiger partial charge in [-0.25, -0.2) is 9.18 Å². The summed E-state index contributed by atoms with van der Waals surface area (Å²) in [7, 11) is 1.56. The number of nitrogens with zero attached hydrogens (tertiary/aromatic N) is 1. The maximum atomic E-state index is 13.2. The highest BCUT2D eigenvalue weighted by molar-refractivity contribution is 6.31. The highest BCUT2D eigenvalue weighted by Crippen LogP contribution is 2.20. The molecule has 0 unspecified atom stereocenters. The summed E-state index contributed by atoms with van der Waals surface area (Å²) in [5.41, 5.74) is 0.416. The molecular weight excluding hydrogens is 323 g/mol. The van der Waals surface area contributed by atoms with Crippen molar-refractivity contribution in [1.29, 1.82) is 0 Å². The van der Waals surface area contributed by atoms with Crippen LogP contribution in [0.3, 0.4) is 0 Å². The van der Waals surface area contributed by atoms with E-state index in [4.69, 9.17) is 20.8 Å². The van der Waals surface area contributed by atoms with Gasteiger partial charge in [-0.2, -0.15) is 0 Å². The first-order chi connectivity index (χ1) is 11.0. The summed E-state index contributed by atoms with van der Waals surface area (Å²) >= 11 is 5.72. The van der Waals surface area contributed by atoms with Crippen LogP contribution in [-0.4, -0.2) is 31.2 Å². The van der Waals surface area contributed by atoms with Gasteiger partial charge in [0.2, 0.25) is 0 Å². The predicted molar refractivity (Wildman–Crippen MR) is 86.2 cm³/mol. The van der Waals surface area contributed by atoms with Crippen LogP contribution in [0.5, 0.6) is 0 Å². The zero-order chi connectivity index (χ0) is 16.8. The summed E-state index contributed by atoms with van der Waals surface area (Å²) in [6.45, 7) is 2.91. The lowest BCUT2D eigenvalue weighted by atomic mass is 10.3. The van der Waals surface area contributed by atoms with Crippen LogP contribution in [0.2, 0.25) is 5.02 Å². The number of ether oxygens (including phenoxy) is 1. The van der Waals surface area contributed by atoms with Gasteiger partial charge in [-0.3, -0.25) is 0 Å². The van der Waals surface area contributed by atoms with Crippen molar-refractivity contribution in [3.05, 3.63) is 52.7 Å². The molecule has 0 spiro atoms. The van der Waals surface area contributed by atoms with E-state index < -0.39 is 5.82 Å². The molecule has 1 aromatic heterocycles. The minimum absolute atomic E-state index is 0.0482. The largest absolute Gasteiger partial charge is 0.464 e. The van der Waals surface area contributed by atoms with Gasteiger partial charge in [-0.1, -0.05) is 11.6 Å². The molecule has 0 bridgehead atoms. The molecule has 124 valence electrons. The molecule has 1 aromatic carbocycles. The monoisotopic (exact) mass is 340 g/mol. The number of hydrogen-bond donors (Lipinski definition) is 1. The molecule has 2 rings (SSSR count). The maximum absolute atomic E-state index is 13.2. The van der Waals surface area contributed by atoms with Crippen molar-refractivity contribution in [2.45, 2.75) is 13.5 Å². The normalized spacial score (nSPS) is 10.6. The number of nitrogens with one attached hydrogen (secondary N) is 1. The molecule has 1 heterocycles. The standard InChI is InChI=1S/C16H18ClFN2O3/c1-11-3-5-13(23-11)10-20(7-8-22-2)16(21)19-12-4-6-15(18)14(17)9-12/h3-6,9H,7-8,10H2,1-2H3,(H,19,21). The number of benzene rings is 1. The van der Waals surface area contributed by atoms with Crippen molar-refractivity contribution in [1.82, 2.24) is 4.90 Å². The molecule has 0 saturated carbocycles. The van der Waals surface area contributed by atoms with Gasteiger partial charge in [0.25, 0.3) is 0 Å². The van der Waals surface area contributed by atoms with Gasteiger partial charge in [0, 0.05) is 19.3 Å². The molecule has 23 heavy (non-hydrogen) atoms. The summed E-state index contributed by atoms with van der Waals surface area (Å²) < 4.78 is 23.7. The highest BCUT2D eigenvalue weighted by atomic mass is 35.5. The molecule has 0 saturated heterocycles. The van der Waals surface area contributed by atoms with E-state index in [0.29, 0.717) is 31.1 Å². The average Bonchev–Trinajstić information content (AvgIpc) is 2.92. The van der Waals surface area contributed by atoms with Crippen LogP contribution in [0.25, 0.3) is 0 Å². The Kier molecular flexibility index (Phi) is 6.01. The summed E-state index contributed by atoms with van der Waals surface area (Å²) in [6, 6.07) is 7.32. The molecule has 1 N–H and O–H groups in total. The number of furan rings is 1. The van der Waals surface area contributed by atoms with Crippen molar-refractivity contribution in [3.63, 3.8) is 0 Å². The summed E-state index contributed by atoms with van der Waals surface area (Å²) in [6.07, 6.45) is 0. The molecule has 2 aromatic rings. The molecule has 2 amide bonds. The van der Waals surface area contributed by atoms with E-state index in [1.807, 2.05) is 19.1 Å². The second kappa shape index (κ2) is 7.99. The molecule has 0 radical (unpaired) electrons. The van der Waals surface area contributed by atoms with Crippen LogP contribution < -0.4 is 5.32 Å². The van der Waals surface area contributed by atoms with Gasteiger partial charge in [-0.15, -0.1) is 0 Å². The van der Waals surface area contributed by atoms with Gasteiger partial charge < -0.3 is 19.4 Å². The lowest BCUT2D eigenvalue weighted by molar-refractivity contribution is 0.149. The fraction of sp³-hybridized carbons (Fsp3) is 0.312. The molecule has 0 fully saturated rings. The number of anilines is 1. The topological polar surface area (TPSA) is 54.7 Å². The van der Waals surface area contributed by atoms with Crippen LogP contribution >= 0.6 is 11.6 Å². The van der Waals surface area contributed by atoms with Crippen molar-refractivity contribution < 1.29 is 18.3 Å². The van der Waals surface area contributed by atoms with Crippen LogP contribution in [-0.2, 0) is 11.3 Å². The minimum atomic E-state index is -0.535. The third-order valence-corrected chi connectivity index (χ3v) is 3.46. The first kappa shape index (κ1) is 17.3. The fourth-order valence-corrected chi connectivity index (χ4v) is 2.17. The number of hydrogen-bond acceptors (Lipinski definition) is 3. The molecule has 0 aliphatic heterocycles. The Hall–Kier alpha value is -2.05. The lowest BCUT2D eigenvalue weighted by Gasteiger charge is -2.22. The SMILES string of the molecule is COCCN(Cc1ccc(C)o1)C(=O)Nc1ccc(F)c(Cl)c1. The van der Waals surface area contributed by atoms with Crippen molar-refractivity contribution in [2.24, 2.45) is 0 Å². The number of urea groups is 1. The zero-order valence-electron chi connectivity index (χ0n) is 12.9. The Labute approximate surface area is 139 Å². The van der Waals surface area contributed by atoms with Crippen LogP contribution in [0.15, 0.2) is 34.7 Å². The minimum Gasteiger partial charge on any atom is -0.464 e. The first-order valence-electron chi connectivity index (χ1n) is 7.05. The Bertz CT molecular complexity index is 675. The zero-order valence-corrected chi connectivity index (χ0v) is 13.7. The van der Waals surface area contributed by atoms with E-state index in [2.05, 4.69) is 5.32 Å². The smallest absolute Gasteiger partial charge is 0.322 e. The molecule has 0 aliphatic rings. The Morgan fingerprint density at radius 3 is 2.78 bits per heavy atom. The third kappa shape index (κ3) is 4.97. The molecule has 7 heteroatoms. The summed E-state index contributed by atoms with van der Waals surface area (Å²) in [5, 5.41) is 2.64. The molecule has 0 atom stereocenters. The van der Waals surface area contributed by atoms with E-state index in [1.54, 1.807) is 12.0 Å². The number of amides is 2. The van der Waals surface area contributed by atoms with E-state index in [-0.39, 0.29) is 11.1 Å². The molecular formula is C16H18ClFN2O3. The van der Waals surface area contributed by atoms with Gasteiger partial charge in [-0.05, 0) is 37.3 Å². The Balaban J connectivity index is 2.07. The predicted octanol–water partition coefficient (Wildman–Crippen LogP) is 4.06. The van der Waals surface area contributed by atoms with E-state index in [9.17, 15) is 9.18 Å². The number of rotatable bonds is 6. The van der Waals surface area contributed by atoms with Crippen molar-refractivity contribution in [2.75, 3.05) is 25.6 Å². The van der Waals surface area contributed by atoms with E-state index in [0.717, 1.165) is 5.76 Å². The number of aryl methyl sites for hydroxylation is 1. The average molecular weight is 341 g/mol. The number of carbonyl (C=O) groups is 1. The summed E-state index contributed by atoms with van der Waals surface area (Å²) in [5.74, 6) is 0.912. The summed E-state index contributed by atoms with van der Waals surface area (Å²) in [4.78, 5) is 13.9. The third-order valence-electron chi connectivity index (χ3n) is 3.17. The van der Waals surface area contributed by atoms with Gasteiger partial charge in [0.1, 0.15) is 17.3 Å². The van der Waals surface area contributed by atoms with E-state index in [1.165, 1.54) is 18.2 Å². The van der Waals surface area contributed by atoms with Gasteiger partial charge >= 0.3 is 6.03 Å². The quantitative estimate of drug-likeness (QED) is 0.862. The number of carbonyl (C=O) groups excluding carboxylic acids is 1. The Morgan fingerprint density at radius 2 is 2.17 bits per heavy atom. The highest BCUT2D eigenvalue weighted by Gasteiger charge is 2.16. The maximum Gasteiger partial charge on any atom is 0.322 e. The number of methoxy groups -OCH3 is 1. The fourth-order valence-electron chi connectivity index (χ4n) is 1.99. The van der Waals surface area contributed by atoms with Gasteiger partial charge in [0.05, 0.1) is 18.2 Å². The Morgan fingerprint density at radius 1 is 1.39 bits per heavy atom. The second-order valence-corrected chi connectivity index (χ2v) is 5.39. The van der Waals surface area contributed by atoms with Crippen molar-refractivity contribution >= 4 is 23.3 Å². The lowest BCUT2D eigenvalue weighted by Crippen LogP contribution is -2.36. The van der Waals surface area contributed by atoms with Crippen LogP contribution in [0, 0.1) is 12.7 Å². The van der Waals surface area contributed by atoms with Gasteiger partial charge in [0.15, 0.2) is 0 Å². The van der Waals surface area contributed by atoms with E-state index >= 15 is 0 Å². The second-order valence-electron chi connectivity index (χ2n) is 4.99. The van der Waals surface area contributed by atoms with Crippen LogP contribution in [0.1, 0.15) is 11.5 Å². The molecule has 5 nitrogen and oxygen atoms in total. The molecule has 0 aliphatic carbocycles. The first-order valence-corrected chi connectivity index (χ1v) is 7.42.